The van der Waals surface area contributed by atoms with Crippen molar-refractivity contribution >= 4 is 25.1 Å². The number of aryl methyl sites for hydroxylation is 1. The summed E-state index contributed by atoms with van der Waals surface area (Å²) in [5, 5.41) is 6.29. The maximum Gasteiger partial charge on any atom is 0.0273 e. The molecule has 0 saturated carbocycles. The number of nitrogens with zero attached hydrogens (tertiary/aromatic N) is 1. The fourth-order valence-corrected chi connectivity index (χ4v) is 3.41. The van der Waals surface area contributed by atoms with E-state index in [1.54, 1.807) is 7.05 Å². The normalized spacial score (nSPS) is 18.5. The molecule has 1 aliphatic carbocycles. The topological polar surface area (TPSA) is 57.2 Å². The summed E-state index contributed by atoms with van der Waals surface area (Å²) >= 11 is 0. The first-order valence-electron chi connectivity index (χ1n) is 7.80. The van der Waals surface area contributed by atoms with Crippen LogP contribution in [0.4, 0.5) is 0 Å². The van der Waals surface area contributed by atoms with Crippen LogP contribution in [0.1, 0.15) is 23.1 Å². The number of carbonyl (C=O) groups excluding carboxylic acids is 1. The van der Waals surface area contributed by atoms with Gasteiger partial charge in [-0.3, -0.25) is 0 Å². The molecule has 0 heterocycles. The molecule has 2 aromatic rings. The Morgan fingerprint density at radius 3 is 2.42 bits per heavy atom. The van der Waals surface area contributed by atoms with Crippen molar-refractivity contribution in [1.82, 2.24) is 0 Å². The van der Waals surface area contributed by atoms with Crippen LogP contribution in [-0.4, -0.2) is 27.9 Å². The Morgan fingerprint density at radius 1 is 1.21 bits per heavy atom. The molecular weight excluding hydrogens is 372 g/mol. The van der Waals surface area contributed by atoms with Crippen LogP contribution in [0.25, 0.3) is 16.1 Å². The SMILES string of the molecule is [B].[CH2-]C1(C(=O)[N-]C)Cc2cc3ccc(CCCN)cc3cc2C1.[Y]. The second-order valence-electron chi connectivity index (χ2n) is 6.36. The Labute approximate surface area is 171 Å². The van der Waals surface area contributed by atoms with E-state index in [0.717, 1.165) is 19.4 Å². The molecule has 2 N–H and O–H groups in total. The predicted molar refractivity (Wildman–Crippen MR) is 96.6 cm³/mol. The van der Waals surface area contributed by atoms with Crippen molar-refractivity contribution < 1.29 is 37.5 Å². The number of hydrogen-bond acceptors (Lipinski definition) is 2. The number of carbonyl (C=O) groups is 1. The van der Waals surface area contributed by atoms with E-state index in [0.29, 0.717) is 12.8 Å². The molecule has 0 aliphatic heterocycles. The average Bonchev–Trinajstić information content (AvgIpc) is 2.85. The van der Waals surface area contributed by atoms with Gasteiger partial charge in [-0.05, 0) is 59.7 Å². The van der Waals surface area contributed by atoms with Crippen molar-refractivity contribution in [2.75, 3.05) is 13.6 Å². The fourth-order valence-electron chi connectivity index (χ4n) is 3.41. The summed E-state index contributed by atoms with van der Waals surface area (Å²) in [5.41, 5.74) is 8.75. The molecule has 1 aliphatic rings. The molecule has 3 rings (SSSR count). The van der Waals surface area contributed by atoms with E-state index in [-0.39, 0.29) is 47.0 Å². The van der Waals surface area contributed by atoms with Crippen molar-refractivity contribution in [2.24, 2.45) is 11.1 Å². The van der Waals surface area contributed by atoms with Crippen LogP contribution in [0.2, 0.25) is 0 Å². The predicted octanol–water partition coefficient (Wildman–Crippen LogP) is 2.80. The number of fused-ring (bicyclic) bond motifs is 2. The summed E-state index contributed by atoms with van der Waals surface area (Å²) in [6.07, 6.45) is 3.38. The molecule has 0 spiro atoms. The van der Waals surface area contributed by atoms with E-state index in [1.165, 1.54) is 27.5 Å². The van der Waals surface area contributed by atoms with Gasteiger partial charge in [0.15, 0.2) is 0 Å². The van der Waals surface area contributed by atoms with Crippen LogP contribution in [0.5, 0.6) is 0 Å². The maximum absolute atomic E-state index is 12.0. The molecule has 122 valence electrons. The van der Waals surface area contributed by atoms with E-state index in [1.807, 2.05) is 0 Å². The summed E-state index contributed by atoms with van der Waals surface area (Å²) in [6.45, 7) is 4.86. The number of benzene rings is 2. The molecule has 5 heteroatoms. The third kappa shape index (κ3) is 4.09. The summed E-state index contributed by atoms with van der Waals surface area (Å²) in [7, 11) is 1.55. The van der Waals surface area contributed by atoms with Gasteiger partial charge < -0.3 is 22.8 Å². The molecule has 0 aromatic heterocycles. The molecule has 24 heavy (non-hydrogen) atoms. The van der Waals surface area contributed by atoms with Crippen LogP contribution in [0, 0.1) is 12.3 Å². The minimum Gasteiger partial charge on any atom is -0.658 e. The number of rotatable bonds is 4. The Balaban J connectivity index is 0.00000144. The second kappa shape index (κ2) is 8.60. The van der Waals surface area contributed by atoms with Gasteiger partial charge in [0.1, 0.15) is 0 Å². The molecule has 1 unspecified atom stereocenters. The van der Waals surface area contributed by atoms with Gasteiger partial charge in [0.25, 0.3) is 0 Å². The Morgan fingerprint density at radius 2 is 1.83 bits per heavy atom. The van der Waals surface area contributed by atoms with Gasteiger partial charge in [0.05, 0.1) is 0 Å². The molecule has 0 fully saturated rings. The van der Waals surface area contributed by atoms with Crippen LogP contribution >= 0.6 is 0 Å². The summed E-state index contributed by atoms with van der Waals surface area (Å²) in [5.74, 6) is -0.101. The van der Waals surface area contributed by atoms with E-state index in [2.05, 4.69) is 42.6 Å². The average molecular weight is 394 g/mol. The molecule has 4 radical (unpaired) electrons. The van der Waals surface area contributed by atoms with Crippen molar-refractivity contribution in [1.29, 1.82) is 0 Å². The van der Waals surface area contributed by atoms with Gasteiger partial charge in [0, 0.05) is 47.0 Å². The van der Waals surface area contributed by atoms with Crippen LogP contribution < -0.4 is 5.73 Å². The van der Waals surface area contributed by atoms with Gasteiger partial charge in [-0.15, -0.1) is 12.5 Å². The monoisotopic (exact) mass is 394 g/mol. The smallest absolute Gasteiger partial charge is 0.0273 e. The van der Waals surface area contributed by atoms with Crippen molar-refractivity contribution in [3.63, 3.8) is 0 Å². The molecule has 0 bridgehead atoms. The van der Waals surface area contributed by atoms with Gasteiger partial charge in [0.2, 0.25) is 0 Å². The van der Waals surface area contributed by atoms with Crippen LogP contribution in [0.15, 0.2) is 30.3 Å². The maximum atomic E-state index is 12.0. The van der Waals surface area contributed by atoms with Crippen LogP contribution in [0.3, 0.4) is 0 Å². The van der Waals surface area contributed by atoms with Gasteiger partial charge in [-0.2, -0.15) is 0 Å². The second-order valence-corrected chi connectivity index (χ2v) is 6.36. The zero-order valence-electron chi connectivity index (χ0n) is 14.2. The first kappa shape index (κ1) is 21.3. The molecular formula is C19H22BN2OY-2. The third-order valence-corrected chi connectivity index (χ3v) is 4.61. The van der Waals surface area contributed by atoms with E-state index >= 15 is 0 Å². The Kier molecular flexibility index (Phi) is 7.65. The summed E-state index contributed by atoms with van der Waals surface area (Å²) in [4.78, 5) is 12.0. The number of hydrogen-bond donors (Lipinski definition) is 1. The molecule has 1 amide bonds. The van der Waals surface area contributed by atoms with E-state index in [9.17, 15) is 4.79 Å². The van der Waals surface area contributed by atoms with Crippen molar-refractivity contribution in [3.8, 4) is 0 Å². The molecule has 2 aromatic carbocycles. The standard InChI is InChI=1S/C19H23N2O.B.Y/c1-19(18(22)21-2)11-16-9-14-6-5-13(4-3-7-20)8-15(14)10-17(16)12-19;;/h5-6,8-10H,1,3-4,7,11-12,20H2,2H3,(H,21,22);;/q-1;;/p-1. The largest absolute Gasteiger partial charge is 0.658 e. The summed E-state index contributed by atoms with van der Waals surface area (Å²) in [6, 6.07) is 11.0. The Bertz CT molecular complexity index is 735. The quantitative estimate of drug-likeness (QED) is 0.641. The molecule has 0 saturated heterocycles. The number of amides is 1. The van der Waals surface area contributed by atoms with Gasteiger partial charge in [-0.1, -0.05) is 30.3 Å². The zero-order valence-corrected chi connectivity index (χ0v) is 17.1. The van der Waals surface area contributed by atoms with Crippen molar-refractivity contribution in [2.45, 2.75) is 25.7 Å². The fraction of sp³-hybridized carbons (Fsp3) is 0.368. The number of nitrogens with two attached hydrogens (primary N) is 1. The van der Waals surface area contributed by atoms with Gasteiger partial charge in [-0.25, -0.2) is 0 Å². The summed E-state index contributed by atoms with van der Waals surface area (Å²) < 4.78 is 0. The third-order valence-electron chi connectivity index (χ3n) is 4.61. The van der Waals surface area contributed by atoms with E-state index in [4.69, 9.17) is 5.73 Å². The first-order chi connectivity index (χ1) is 10.6. The minimum atomic E-state index is -0.614. The van der Waals surface area contributed by atoms with E-state index < -0.39 is 5.41 Å². The van der Waals surface area contributed by atoms with Crippen LogP contribution in [-0.2, 0) is 56.8 Å². The first-order valence-corrected chi connectivity index (χ1v) is 7.80. The van der Waals surface area contributed by atoms with Gasteiger partial charge >= 0.3 is 0 Å². The molecule has 1 atom stereocenters. The zero-order chi connectivity index (χ0) is 15.7. The Hall–Kier alpha value is -0.701. The van der Waals surface area contributed by atoms with Crippen molar-refractivity contribution in [3.05, 3.63) is 59.3 Å². The minimum absolute atomic E-state index is 0. The molecule has 3 nitrogen and oxygen atoms in total.